The van der Waals surface area contributed by atoms with Crippen molar-refractivity contribution < 1.29 is 19.6 Å². The molecule has 3 heterocycles. The van der Waals surface area contributed by atoms with Crippen LogP contribution < -0.4 is 0 Å². The highest BCUT2D eigenvalue weighted by Gasteiger charge is 2.18. The molecule has 42 heavy (non-hydrogen) atoms. The van der Waals surface area contributed by atoms with Crippen LogP contribution in [0.3, 0.4) is 0 Å². The molecule has 0 bridgehead atoms. The normalized spacial score (nSPS) is 12.2. The van der Waals surface area contributed by atoms with E-state index in [9.17, 15) is 14.8 Å². The Morgan fingerprint density at radius 2 is 1.45 bits per heavy atom. The molecule has 3 aromatic carbocycles. The first-order chi connectivity index (χ1) is 20.4. The number of ketones is 1. The second kappa shape index (κ2) is 11.6. The minimum Gasteiger partial charge on any atom is -0.411 e. The fourth-order valence-electron chi connectivity index (χ4n) is 4.98. The molecule has 0 spiro atoms. The van der Waals surface area contributed by atoms with Gasteiger partial charge in [0.2, 0.25) is 5.78 Å². The molecule has 0 saturated heterocycles. The van der Waals surface area contributed by atoms with Crippen molar-refractivity contribution in [3.63, 3.8) is 0 Å². The van der Waals surface area contributed by atoms with Crippen molar-refractivity contribution in [1.82, 2.24) is 4.57 Å². The summed E-state index contributed by atoms with van der Waals surface area (Å²) >= 11 is 3.04. The molecule has 0 radical (unpaired) electrons. The van der Waals surface area contributed by atoms with Gasteiger partial charge in [-0.05, 0) is 77.8 Å². The van der Waals surface area contributed by atoms with Gasteiger partial charge in [0, 0.05) is 45.8 Å². The zero-order valence-electron chi connectivity index (χ0n) is 22.8. The molecule has 0 atom stereocenters. The molecule has 208 valence electrons. The second-order valence-corrected chi connectivity index (χ2v) is 11.7. The van der Waals surface area contributed by atoms with E-state index in [1.165, 1.54) is 18.3 Å². The largest absolute Gasteiger partial charge is 0.411 e. The highest BCUT2D eigenvalue weighted by Crippen LogP contribution is 2.34. The first kappa shape index (κ1) is 27.3. The van der Waals surface area contributed by atoms with E-state index in [0.717, 1.165) is 43.5 Å². The summed E-state index contributed by atoms with van der Waals surface area (Å²) in [5.41, 5.74) is 6.18. The Bertz CT molecular complexity index is 1990. The molecule has 6 rings (SSSR count). The van der Waals surface area contributed by atoms with E-state index in [2.05, 4.69) is 14.9 Å². The van der Waals surface area contributed by atoms with Crippen molar-refractivity contribution in [1.29, 1.82) is 0 Å². The maximum Gasteiger partial charge on any atom is 0.331 e. The quantitative estimate of drug-likeness (QED) is 0.0641. The van der Waals surface area contributed by atoms with Crippen molar-refractivity contribution in [2.24, 2.45) is 10.3 Å². The summed E-state index contributed by atoms with van der Waals surface area (Å²) in [7, 11) is 0. The smallest absolute Gasteiger partial charge is 0.331 e. The number of fused-ring (bicyclic) bond motifs is 3. The highest BCUT2D eigenvalue weighted by molar-refractivity contribution is 7.12. The second-order valence-electron chi connectivity index (χ2n) is 9.71. The van der Waals surface area contributed by atoms with Crippen molar-refractivity contribution in [2.75, 3.05) is 0 Å². The van der Waals surface area contributed by atoms with Gasteiger partial charge in [0.25, 0.3) is 0 Å². The molecule has 0 fully saturated rings. The number of benzene rings is 3. The van der Waals surface area contributed by atoms with Gasteiger partial charge >= 0.3 is 5.97 Å². The molecule has 0 saturated carbocycles. The van der Waals surface area contributed by atoms with Crippen molar-refractivity contribution in [3.05, 3.63) is 122 Å². The molecule has 0 aliphatic heterocycles. The third-order valence-corrected chi connectivity index (χ3v) is 8.75. The van der Waals surface area contributed by atoms with Gasteiger partial charge in [-0.2, -0.15) is 0 Å². The summed E-state index contributed by atoms with van der Waals surface area (Å²) in [5, 5.41) is 23.2. The van der Waals surface area contributed by atoms with Crippen LogP contribution in [0, 0.1) is 0 Å². The molecule has 0 aliphatic carbocycles. The molecule has 7 nitrogen and oxygen atoms in total. The summed E-state index contributed by atoms with van der Waals surface area (Å²) in [6, 6.07) is 27.3. The number of hydrogen-bond acceptors (Lipinski definition) is 8. The van der Waals surface area contributed by atoms with Gasteiger partial charge in [-0.15, -0.1) is 22.7 Å². The van der Waals surface area contributed by atoms with Crippen LogP contribution in [0.1, 0.15) is 45.1 Å². The molecule has 0 amide bonds. The molecule has 3 aromatic heterocycles. The van der Waals surface area contributed by atoms with E-state index in [4.69, 9.17) is 4.84 Å². The first-order valence-corrected chi connectivity index (χ1v) is 14.9. The fraction of sp³-hybridized carbons (Fsp3) is 0.0909. The molecular formula is C33H25N3O4S2. The Morgan fingerprint density at radius 1 is 0.810 bits per heavy atom. The highest BCUT2D eigenvalue weighted by atomic mass is 32.1. The number of rotatable bonds is 8. The molecule has 9 heteroatoms. The lowest BCUT2D eigenvalue weighted by Gasteiger charge is -2.10. The van der Waals surface area contributed by atoms with Crippen LogP contribution in [0.5, 0.6) is 0 Å². The maximum atomic E-state index is 13.3. The van der Waals surface area contributed by atoms with Gasteiger partial charge in [-0.3, -0.25) is 4.79 Å². The fourth-order valence-corrected chi connectivity index (χ4v) is 6.38. The molecule has 0 unspecified atom stereocenters. The summed E-state index contributed by atoms with van der Waals surface area (Å²) in [4.78, 5) is 31.0. The minimum atomic E-state index is -0.475. The number of aromatic nitrogens is 1. The van der Waals surface area contributed by atoms with Gasteiger partial charge in [0.05, 0.1) is 27.3 Å². The van der Waals surface area contributed by atoms with Crippen LogP contribution in [0.25, 0.3) is 27.5 Å². The van der Waals surface area contributed by atoms with Gasteiger partial charge in [0.1, 0.15) is 0 Å². The first-order valence-electron chi connectivity index (χ1n) is 13.2. The number of oxime groups is 2. The lowest BCUT2D eigenvalue weighted by Crippen LogP contribution is -2.04. The van der Waals surface area contributed by atoms with Crippen molar-refractivity contribution in [2.45, 2.75) is 20.3 Å². The number of carbonyl (C=O) groups excluding carboxylic acids is 2. The van der Waals surface area contributed by atoms with Crippen molar-refractivity contribution in [3.8, 4) is 5.69 Å². The van der Waals surface area contributed by atoms with Crippen LogP contribution in [0.15, 0.2) is 106 Å². The number of thiophene rings is 2. The van der Waals surface area contributed by atoms with Crippen LogP contribution in [-0.2, 0) is 16.1 Å². The Balaban J connectivity index is 1.50. The molecular weight excluding hydrogens is 567 g/mol. The topological polar surface area (TPSA) is 93.2 Å². The number of hydrogen-bond donors (Lipinski definition) is 1. The van der Waals surface area contributed by atoms with E-state index >= 15 is 0 Å². The van der Waals surface area contributed by atoms with Crippen LogP contribution >= 0.6 is 22.7 Å². The van der Waals surface area contributed by atoms with Crippen LogP contribution in [-0.4, -0.2) is 33.0 Å². The minimum absolute atomic E-state index is 0.0221. The summed E-state index contributed by atoms with van der Waals surface area (Å²) in [5.74, 6) is -0.497. The number of nitrogens with zero attached hydrogens (tertiary/aromatic N) is 3. The van der Waals surface area contributed by atoms with Gasteiger partial charge < -0.3 is 14.6 Å². The maximum absolute atomic E-state index is 13.3. The summed E-state index contributed by atoms with van der Waals surface area (Å²) < 4.78 is 2.14. The average molecular weight is 592 g/mol. The predicted octanol–water partition coefficient (Wildman–Crippen LogP) is 7.85. The molecule has 0 aliphatic rings. The van der Waals surface area contributed by atoms with E-state index in [-0.39, 0.29) is 5.78 Å². The Kier molecular flexibility index (Phi) is 7.52. The average Bonchev–Trinajstić information content (AvgIpc) is 3.79. The Hall–Kier alpha value is -4.86. The third-order valence-electron chi connectivity index (χ3n) is 7.00. The molecule has 1 N–H and O–H groups in total. The predicted molar refractivity (Wildman–Crippen MR) is 169 cm³/mol. The standard InChI is InChI=1S/C33H25N3O4S2/c1-20(35-40-21(2)37)22-7-11-25(12-8-22)36-30-13-9-23(29(34-39)19-26-5-3-15-41-26)17-27(30)28-18-24(10-14-31(28)36)33(38)32-6-4-16-42-32/h3-18,39H,19H2,1-2H3/b34-29+,35-20-. The van der Waals surface area contributed by atoms with E-state index < -0.39 is 5.97 Å². The Labute approximate surface area is 249 Å². The SMILES string of the molecule is CC(=O)O/N=C(/C)c1ccc(-n2c3ccc(C(=O)c4cccs4)cc3c3cc(/C(Cc4cccs4)=N/O)ccc32)cc1. The lowest BCUT2D eigenvalue weighted by atomic mass is 10.0. The summed E-state index contributed by atoms with van der Waals surface area (Å²) in [6.07, 6.45) is 0.510. The number of carbonyl (C=O) groups is 2. The van der Waals surface area contributed by atoms with Crippen LogP contribution in [0.4, 0.5) is 0 Å². The zero-order chi connectivity index (χ0) is 29.2. The Morgan fingerprint density at radius 3 is 2.07 bits per heavy atom. The van der Waals surface area contributed by atoms with Crippen LogP contribution in [0.2, 0.25) is 0 Å². The van der Waals surface area contributed by atoms with Gasteiger partial charge in [-0.25, -0.2) is 4.79 Å². The van der Waals surface area contributed by atoms with Gasteiger partial charge in [0.15, 0.2) is 0 Å². The zero-order valence-corrected chi connectivity index (χ0v) is 24.4. The monoisotopic (exact) mass is 591 g/mol. The van der Waals surface area contributed by atoms with E-state index in [1.54, 1.807) is 18.3 Å². The van der Waals surface area contributed by atoms with E-state index in [0.29, 0.717) is 28.3 Å². The van der Waals surface area contributed by atoms with Gasteiger partial charge in [-0.1, -0.05) is 40.6 Å². The van der Waals surface area contributed by atoms with Crippen molar-refractivity contribution >= 4 is 67.7 Å². The molecule has 6 aromatic rings. The van der Waals surface area contributed by atoms with E-state index in [1.807, 2.05) is 95.7 Å². The lowest BCUT2D eigenvalue weighted by molar-refractivity contribution is -0.140. The summed E-state index contributed by atoms with van der Waals surface area (Å²) in [6.45, 7) is 3.09. The third kappa shape index (κ3) is 5.27.